The first-order valence-electron chi connectivity index (χ1n) is 33.1. The second-order valence-corrected chi connectivity index (χ2v) is 39.3. The molecule has 4 fully saturated rings. The van der Waals surface area contributed by atoms with Crippen molar-refractivity contribution in [2.24, 2.45) is 0 Å². The summed E-state index contributed by atoms with van der Waals surface area (Å²) in [6.45, 7) is -8.11. The third kappa shape index (κ3) is 43.7. The Labute approximate surface area is 680 Å². The molecule has 0 spiro atoms. The van der Waals surface area contributed by atoms with E-state index in [4.69, 9.17) is 37.9 Å². The second-order valence-electron chi connectivity index (χ2n) is 25.0. The Morgan fingerprint density at radius 1 is 0.277 bits per heavy atom. The lowest BCUT2D eigenvalue weighted by atomic mass is 9.95. The minimum absolute atomic E-state index is 0.0200. The van der Waals surface area contributed by atoms with E-state index in [9.17, 15) is 173 Å². The molecule has 4 heterocycles. The molecule has 14 N–H and O–H groups in total. The number of hydrogen-bond donors (Lipinski definition) is 14. The third-order valence-corrected chi connectivity index (χ3v) is 22.6. The standard InChI is InChI=1S/C45H83NO60S13/c1-2-3-4-5-6-7-8-9-10-11-12-13-14-15-16-18-29(47)46-19-17-20-87-42-37(103-116(75,76)77)33(99-112(63,64)65)30(25(92-42)21-88-108(51,52)53)96-43-38(104-117(78,79)80)34(100-113(66,67)68)31(26(93-43)22-89-109(54,55)56)97-44-39(105-118(81,82)83)35(101-114(69,70)71)32(27(94-44)23-90-110(57,58)59)98-45-40(106-119(84,85)86)36(102-115(72,73)74)41(107(48,49)50)28(95-45)24-91-111(60,61)62/h25-28,30-45H,2-24H2,1H3,(H,46,47)(H,48,49,50)(H,51,52,53)(H,54,55,56)(H,57,58,59)(H,60,61,62)(H,63,64,65)(H,66,67,68)(H,69,70,71)(H,72,73,74)(H,75,76,77)(H,78,79,80)(H,81,82,83)(H,84,85,86)/t25-,26-,27-,28-,30-,31-,32-,33+,34+,35+,36-,37-,38-,39-,40-,41?,42-,43-,44-,45-/m1/s1. The van der Waals surface area contributed by atoms with Crippen LogP contribution in [0.15, 0.2) is 0 Å². The van der Waals surface area contributed by atoms with Gasteiger partial charge in [-0.15, -0.1) is 0 Å². The molecule has 4 rings (SSSR count). The van der Waals surface area contributed by atoms with E-state index in [1.54, 1.807) is 0 Å². The van der Waals surface area contributed by atoms with Gasteiger partial charge in [-0.2, -0.15) is 109 Å². The van der Waals surface area contributed by atoms with Gasteiger partial charge in [0.25, 0.3) is 10.1 Å². The Balaban J connectivity index is 1.95. The van der Waals surface area contributed by atoms with Crippen molar-refractivity contribution in [3.8, 4) is 0 Å². The van der Waals surface area contributed by atoms with Crippen LogP contribution in [0.2, 0.25) is 0 Å². The molecule has 20 atom stereocenters. The fourth-order valence-corrected chi connectivity index (χ4v) is 18.0. The van der Waals surface area contributed by atoms with Crippen molar-refractivity contribution in [3.05, 3.63) is 0 Å². The topological polar surface area (TPSA) is 921 Å². The molecule has 706 valence electrons. The summed E-state index contributed by atoms with van der Waals surface area (Å²) in [5.41, 5.74) is 0. The highest BCUT2D eigenvalue weighted by atomic mass is 32.3. The molecule has 0 radical (unpaired) electrons. The molecule has 61 nitrogen and oxygen atoms in total. The molecule has 0 aliphatic carbocycles. The molecule has 0 saturated carbocycles. The minimum atomic E-state index is -6.79. The summed E-state index contributed by atoms with van der Waals surface area (Å²) in [5.74, 6) is -0.540. The molecule has 74 heteroatoms. The highest BCUT2D eigenvalue weighted by Gasteiger charge is 2.63. The van der Waals surface area contributed by atoms with Crippen molar-refractivity contribution in [2.75, 3.05) is 39.6 Å². The zero-order valence-corrected chi connectivity index (χ0v) is 70.7. The van der Waals surface area contributed by atoms with Crippen LogP contribution >= 0.6 is 0 Å². The van der Waals surface area contributed by atoms with Crippen molar-refractivity contribution >= 4 is 141 Å². The molecule has 4 saturated heterocycles. The fourth-order valence-electron chi connectivity index (χ4n) is 11.7. The molecule has 0 aromatic heterocycles. The van der Waals surface area contributed by atoms with Gasteiger partial charge in [0.05, 0.1) is 33.0 Å². The van der Waals surface area contributed by atoms with E-state index in [1.807, 2.05) is 0 Å². The molecule has 119 heavy (non-hydrogen) atoms. The molecular formula is C45H83NO60S13. The van der Waals surface area contributed by atoms with Crippen molar-refractivity contribution in [2.45, 2.75) is 238 Å². The summed E-state index contributed by atoms with van der Waals surface area (Å²) in [5, 5.41) is -1.14. The first-order valence-corrected chi connectivity index (χ1v) is 51.0. The third-order valence-electron chi connectivity index (χ3n) is 15.9. The zero-order chi connectivity index (χ0) is 90.7. The Morgan fingerprint density at radius 3 is 0.790 bits per heavy atom. The summed E-state index contributed by atoms with van der Waals surface area (Å²) in [4.78, 5) is 12.8. The SMILES string of the molecule is CCCCCCCCCCCCCCCCCC(=O)NCCCO[C@@H]1O[C@H](COS(=O)(=O)O)[C@@H](O[C@H]2O[C@H](COS(=O)(=O)O)[C@@H](O[C@H]3O[C@H](COS(=O)(=O)O)[C@@H](O[C@H]4O[C@H](COS(=O)(=O)O)C(S(=O)(=O)O)[C@H](OS(=O)(=O)O)[C@H]4OS(=O)(=O)O)[C@H](OS(=O)(=O)O)[C@H]3OS(=O)(=O)O)[C@H](OS(=O)(=O)O)[C@H]2OS(=O)(=O)O)[C@H](OS(=O)(=O)O)[C@H]1OS(=O)(=O)O. The van der Waals surface area contributed by atoms with Crippen LogP contribution in [0.3, 0.4) is 0 Å². The van der Waals surface area contributed by atoms with Crippen LogP contribution in [-0.4, -0.2) is 336 Å². The minimum Gasteiger partial charge on any atom is -0.356 e. The Hall–Kier alpha value is -2.50. The van der Waals surface area contributed by atoms with Gasteiger partial charge in [-0.3, -0.25) is 64.0 Å². The van der Waals surface area contributed by atoms with Crippen LogP contribution in [0.5, 0.6) is 0 Å². The highest BCUT2D eigenvalue weighted by Crippen LogP contribution is 2.42. The van der Waals surface area contributed by atoms with E-state index < -0.39 is 302 Å². The molecular weight excluding hydrogens is 1930 g/mol. The summed E-state index contributed by atoms with van der Waals surface area (Å²) >= 11 is 0. The maximum atomic E-state index is 13.0. The number of rotatable bonds is 56. The fraction of sp³-hybridized carbons (Fsp3) is 0.978. The van der Waals surface area contributed by atoms with E-state index in [1.165, 1.54) is 32.1 Å². The van der Waals surface area contributed by atoms with Crippen LogP contribution in [0, 0.1) is 0 Å². The van der Waals surface area contributed by atoms with Crippen molar-refractivity contribution in [1.82, 2.24) is 5.32 Å². The van der Waals surface area contributed by atoms with E-state index in [2.05, 4.69) is 62.4 Å². The zero-order valence-electron chi connectivity index (χ0n) is 60.1. The van der Waals surface area contributed by atoms with Gasteiger partial charge >= 0.3 is 125 Å². The van der Waals surface area contributed by atoms with Crippen LogP contribution in [0.25, 0.3) is 0 Å². The molecule has 4 aliphatic rings. The number of carbonyl (C=O) groups is 1. The van der Waals surface area contributed by atoms with Gasteiger partial charge in [0.2, 0.25) is 5.91 Å². The summed E-state index contributed by atoms with van der Waals surface area (Å²) in [7, 11) is -83.8. The van der Waals surface area contributed by atoms with Crippen molar-refractivity contribution in [1.29, 1.82) is 0 Å². The summed E-state index contributed by atoms with van der Waals surface area (Å²) < 4.78 is 550. The van der Waals surface area contributed by atoms with Crippen molar-refractivity contribution in [3.63, 3.8) is 0 Å². The lowest BCUT2D eigenvalue weighted by Gasteiger charge is -2.50. The molecule has 0 aromatic rings. The number of hydrogen-bond acceptors (Lipinski definition) is 47. The van der Waals surface area contributed by atoms with E-state index in [0.29, 0.717) is 12.8 Å². The van der Waals surface area contributed by atoms with Crippen LogP contribution in [0.1, 0.15) is 116 Å². The Kier molecular flexibility index (Phi) is 41.6. The molecule has 4 aliphatic heterocycles. The monoisotopic (exact) mass is 2010 g/mol. The first kappa shape index (κ1) is 109. The Morgan fingerprint density at radius 2 is 0.513 bits per heavy atom. The highest BCUT2D eigenvalue weighted by molar-refractivity contribution is 7.87. The molecule has 1 unspecified atom stereocenters. The smallest absolute Gasteiger partial charge is 0.356 e. The van der Waals surface area contributed by atoms with Gasteiger partial charge in [0, 0.05) is 13.0 Å². The summed E-state index contributed by atoms with van der Waals surface area (Å²) in [6, 6.07) is 0. The van der Waals surface area contributed by atoms with Gasteiger partial charge in [0.15, 0.2) is 49.6 Å². The predicted molar refractivity (Wildman–Crippen MR) is 369 cm³/mol. The number of nitrogens with one attached hydrogen (secondary N) is 1. The van der Waals surface area contributed by atoms with Gasteiger partial charge in [-0.05, 0) is 12.8 Å². The van der Waals surface area contributed by atoms with E-state index in [-0.39, 0.29) is 13.0 Å². The quantitative estimate of drug-likeness (QED) is 0.0200. The lowest BCUT2D eigenvalue weighted by Crippen LogP contribution is -2.69. The van der Waals surface area contributed by atoms with Gasteiger partial charge in [-0.1, -0.05) is 96.8 Å². The molecule has 0 aromatic carbocycles. The van der Waals surface area contributed by atoms with Crippen molar-refractivity contribution < 1.29 is 262 Å². The van der Waals surface area contributed by atoms with Gasteiger partial charge < -0.3 is 43.2 Å². The maximum Gasteiger partial charge on any atom is 0.397 e. The average molecular weight is 2010 g/mol. The maximum absolute atomic E-state index is 13.0. The second kappa shape index (κ2) is 45.5. The predicted octanol–water partition coefficient (Wildman–Crippen LogP) is -5.14. The lowest BCUT2D eigenvalue weighted by molar-refractivity contribution is -0.377. The number of carbonyl (C=O) groups excluding carboxylic acids is 1. The largest absolute Gasteiger partial charge is 0.397 e. The van der Waals surface area contributed by atoms with Crippen LogP contribution < -0.4 is 5.32 Å². The Bertz CT molecular complexity index is 4860. The number of ether oxygens (including phenoxy) is 8. The van der Waals surface area contributed by atoms with Gasteiger partial charge in [-0.25, -0.2) is 50.2 Å². The normalized spacial score (nSPS) is 29.2. The average Bonchev–Trinajstić information content (AvgIpc) is 0.750. The number of amides is 1. The molecule has 0 bridgehead atoms. The van der Waals surface area contributed by atoms with Crippen LogP contribution in [0.4, 0.5) is 0 Å². The molecule has 1 amide bonds. The van der Waals surface area contributed by atoms with Gasteiger partial charge in [0.1, 0.15) is 72.4 Å². The summed E-state index contributed by atoms with van der Waals surface area (Å²) in [6.07, 6.45) is -53.1. The van der Waals surface area contributed by atoms with E-state index >= 15 is 0 Å². The van der Waals surface area contributed by atoms with E-state index in [0.717, 1.165) is 51.4 Å². The van der Waals surface area contributed by atoms with Crippen LogP contribution in [-0.2, 0) is 228 Å². The first-order chi connectivity index (χ1) is 54.0. The number of unbranched alkanes of at least 4 members (excludes halogenated alkanes) is 14.